The fourth-order valence-electron chi connectivity index (χ4n) is 5.51. The number of hydrogen-bond donors (Lipinski definition) is 1. The number of hydrogen-bond acceptors (Lipinski definition) is 6. The van der Waals surface area contributed by atoms with Crippen molar-refractivity contribution in [2.45, 2.75) is 63.9 Å². The normalized spacial score (nSPS) is 36.2. The Kier molecular flexibility index (Phi) is 5.72. The molecule has 0 aromatic rings. The number of aliphatic hydroxyl groups excluding tert-OH is 1. The lowest BCUT2D eigenvalue weighted by molar-refractivity contribution is -0.157. The van der Waals surface area contributed by atoms with Gasteiger partial charge in [-0.3, -0.25) is 14.4 Å². The number of fused-ring (bicyclic) bond motifs is 2. The van der Waals surface area contributed by atoms with E-state index in [-0.39, 0.29) is 37.0 Å². The van der Waals surface area contributed by atoms with E-state index >= 15 is 0 Å². The molecular weight excluding hydrogens is 400 g/mol. The zero-order valence-electron chi connectivity index (χ0n) is 18.6. The molecule has 0 radical (unpaired) electrons. The predicted molar refractivity (Wildman–Crippen MR) is 112 cm³/mol. The van der Waals surface area contributed by atoms with E-state index < -0.39 is 41.6 Å². The Balaban J connectivity index is 1.89. The zero-order valence-corrected chi connectivity index (χ0v) is 18.6. The lowest BCUT2D eigenvalue weighted by atomic mass is 9.77. The number of rotatable bonds is 4. The molecule has 170 valence electrons. The molecule has 0 aromatic heterocycles. The molecule has 2 fully saturated rings. The van der Waals surface area contributed by atoms with E-state index in [2.05, 4.69) is 0 Å². The van der Waals surface area contributed by atoms with Gasteiger partial charge in [0.15, 0.2) is 0 Å². The molecule has 31 heavy (non-hydrogen) atoms. The van der Waals surface area contributed by atoms with Crippen molar-refractivity contribution in [3.05, 3.63) is 24.3 Å². The molecule has 1 unspecified atom stereocenters. The van der Waals surface area contributed by atoms with Gasteiger partial charge < -0.3 is 24.4 Å². The number of carbonyl (C=O) groups is 3. The largest absolute Gasteiger partial charge is 0.465 e. The minimum absolute atomic E-state index is 0.0742. The first kappa shape index (κ1) is 22.0. The summed E-state index contributed by atoms with van der Waals surface area (Å²) in [7, 11) is 0. The summed E-state index contributed by atoms with van der Waals surface area (Å²) in [5.74, 6) is -2.82. The minimum atomic E-state index is -1.27. The van der Waals surface area contributed by atoms with E-state index in [4.69, 9.17) is 9.47 Å². The lowest BCUT2D eigenvalue weighted by Crippen LogP contribution is -2.59. The van der Waals surface area contributed by atoms with Crippen LogP contribution in [-0.2, 0) is 23.9 Å². The highest BCUT2D eigenvalue weighted by Gasteiger charge is 2.72. The van der Waals surface area contributed by atoms with Crippen LogP contribution in [0.3, 0.4) is 0 Å². The molecule has 4 aliphatic heterocycles. The van der Waals surface area contributed by atoms with Crippen LogP contribution in [0, 0.1) is 17.8 Å². The third-order valence-electron chi connectivity index (χ3n) is 7.03. The summed E-state index contributed by atoms with van der Waals surface area (Å²) in [6.45, 7) is 8.04. The second-order valence-electron chi connectivity index (χ2n) is 9.45. The van der Waals surface area contributed by atoms with Crippen LogP contribution in [0.25, 0.3) is 0 Å². The van der Waals surface area contributed by atoms with Crippen molar-refractivity contribution in [2.75, 3.05) is 19.8 Å². The van der Waals surface area contributed by atoms with Gasteiger partial charge in [-0.1, -0.05) is 38.2 Å². The highest BCUT2D eigenvalue weighted by molar-refractivity contribution is 5.99. The second-order valence-corrected chi connectivity index (χ2v) is 9.45. The molecule has 0 bridgehead atoms. The lowest BCUT2D eigenvalue weighted by Gasteiger charge is -2.40. The number of esters is 1. The number of nitrogens with zero attached hydrogens (tertiary/aromatic N) is 2. The molecule has 0 aromatic carbocycles. The van der Waals surface area contributed by atoms with Crippen LogP contribution < -0.4 is 0 Å². The van der Waals surface area contributed by atoms with Gasteiger partial charge in [0.2, 0.25) is 11.8 Å². The highest BCUT2D eigenvalue weighted by Crippen LogP contribution is 2.54. The molecule has 1 N–H and O–H groups in total. The molecule has 4 aliphatic rings. The van der Waals surface area contributed by atoms with Crippen LogP contribution in [0.4, 0.5) is 0 Å². The summed E-state index contributed by atoms with van der Waals surface area (Å²) in [4.78, 5) is 43.9. The zero-order chi connectivity index (χ0) is 22.5. The fourth-order valence-corrected chi connectivity index (χ4v) is 5.51. The Morgan fingerprint density at radius 3 is 2.55 bits per heavy atom. The first-order valence-corrected chi connectivity index (χ1v) is 11.2. The van der Waals surface area contributed by atoms with Crippen LogP contribution in [0.2, 0.25) is 0 Å². The van der Waals surface area contributed by atoms with Crippen molar-refractivity contribution in [1.29, 1.82) is 0 Å². The Morgan fingerprint density at radius 1 is 1.16 bits per heavy atom. The topological polar surface area (TPSA) is 96.4 Å². The Bertz CT molecular complexity index is 821. The smallest absolute Gasteiger partial charge is 0.312 e. The molecule has 8 heteroatoms. The summed E-state index contributed by atoms with van der Waals surface area (Å²) in [6.07, 6.45) is 7.32. The quantitative estimate of drug-likeness (QED) is 0.524. The average Bonchev–Trinajstić information content (AvgIpc) is 3.06. The van der Waals surface area contributed by atoms with E-state index in [0.29, 0.717) is 13.0 Å². The average molecular weight is 433 g/mol. The summed E-state index contributed by atoms with van der Waals surface area (Å²) < 4.78 is 11.9. The molecule has 2 amide bonds. The van der Waals surface area contributed by atoms with Gasteiger partial charge in [0.05, 0.1) is 31.3 Å². The summed E-state index contributed by atoms with van der Waals surface area (Å²) in [5.41, 5.74) is -1.27. The summed E-state index contributed by atoms with van der Waals surface area (Å²) >= 11 is 0. The minimum Gasteiger partial charge on any atom is -0.465 e. The van der Waals surface area contributed by atoms with E-state index in [1.807, 2.05) is 45.9 Å². The van der Waals surface area contributed by atoms with Crippen LogP contribution in [0.1, 0.15) is 34.1 Å². The number of cyclic esters (lactones) is 1. The number of aliphatic hydroxyl groups is 1. The molecule has 1 spiro atoms. The van der Waals surface area contributed by atoms with E-state index in [9.17, 15) is 19.5 Å². The number of likely N-dealkylation sites (tertiary alicyclic amines) is 1. The molecular formula is C23H32N2O6. The van der Waals surface area contributed by atoms with Gasteiger partial charge in [0.1, 0.15) is 17.6 Å². The van der Waals surface area contributed by atoms with Crippen LogP contribution in [-0.4, -0.2) is 82.3 Å². The highest BCUT2D eigenvalue weighted by atomic mass is 16.6. The standard InChI is InChI=1S/C23H32N2O6/c1-13(2)15(12-26)25-19-21(28)24(14(3)4)10-7-9-23(19)18(20(25)27)17-16(31-23)8-5-6-11-30-22(17)29/h5,7-9,13-19,26H,6,10-12H2,1-4H3/t15-,16+,17-,18-,19?,23-/m0/s1. The van der Waals surface area contributed by atoms with Gasteiger partial charge in [-0.25, -0.2) is 0 Å². The monoisotopic (exact) mass is 432 g/mol. The first-order chi connectivity index (χ1) is 14.7. The van der Waals surface area contributed by atoms with Gasteiger partial charge in [0, 0.05) is 12.6 Å². The van der Waals surface area contributed by atoms with Crippen molar-refractivity contribution < 1.29 is 29.0 Å². The van der Waals surface area contributed by atoms with Gasteiger partial charge in [-0.2, -0.15) is 0 Å². The van der Waals surface area contributed by atoms with E-state index in [0.717, 1.165) is 0 Å². The molecule has 0 saturated carbocycles. The maximum Gasteiger partial charge on any atom is 0.312 e. The number of ether oxygens (including phenoxy) is 2. The SMILES string of the molecule is CC(C)[C@H](CO)N1C(=O)[C@@H]2[C@H]3C(=O)OCCC=C[C@H]3O[C@@]23C=CCN(C(C)C)C(=O)C13. The van der Waals surface area contributed by atoms with Crippen molar-refractivity contribution in [1.82, 2.24) is 9.80 Å². The van der Waals surface area contributed by atoms with Gasteiger partial charge >= 0.3 is 5.97 Å². The molecule has 4 heterocycles. The third kappa shape index (κ3) is 3.22. The fraction of sp³-hybridized carbons (Fsp3) is 0.696. The maximum atomic E-state index is 13.9. The van der Waals surface area contributed by atoms with Crippen LogP contribution in [0.15, 0.2) is 24.3 Å². The number of carbonyl (C=O) groups excluding carboxylic acids is 3. The summed E-state index contributed by atoms with van der Waals surface area (Å²) in [6, 6.07) is -1.58. The Labute approximate surface area is 182 Å². The number of amides is 2. The van der Waals surface area contributed by atoms with Crippen LogP contribution in [0.5, 0.6) is 0 Å². The van der Waals surface area contributed by atoms with Crippen molar-refractivity contribution in [3.63, 3.8) is 0 Å². The van der Waals surface area contributed by atoms with Gasteiger partial charge in [-0.05, 0) is 26.2 Å². The molecule has 8 nitrogen and oxygen atoms in total. The summed E-state index contributed by atoms with van der Waals surface area (Å²) in [5, 5.41) is 10.1. The maximum absolute atomic E-state index is 13.9. The van der Waals surface area contributed by atoms with Crippen LogP contribution >= 0.6 is 0 Å². The molecule has 0 aliphatic carbocycles. The predicted octanol–water partition coefficient (Wildman–Crippen LogP) is 0.894. The van der Waals surface area contributed by atoms with Gasteiger partial charge in [0.25, 0.3) is 0 Å². The third-order valence-corrected chi connectivity index (χ3v) is 7.03. The molecule has 4 rings (SSSR count). The van der Waals surface area contributed by atoms with E-state index in [1.54, 1.807) is 11.0 Å². The Hall–Kier alpha value is -2.19. The van der Waals surface area contributed by atoms with Crippen molar-refractivity contribution in [3.8, 4) is 0 Å². The van der Waals surface area contributed by atoms with Crippen molar-refractivity contribution in [2.24, 2.45) is 17.8 Å². The molecule has 2 saturated heterocycles. The van der Waals surface area contributed by atoms with Crippen molar-refractivity contribution >= 4 is 17.8 Å². The second kappa shape index (κ2) is 8.06. The molecule has 6 atom stereocenters. The van der Waals surface area contributed by atoms with E-state index in [1.165, 1.54) is 4.90 Å². The Morgan fingerprint density at radius 2 is 1.90 bits per heavy atom. The first-order valence-electron chi connectivity index (χ1n) is 11.2. The van der Waals surface area contributed by atoms with Gasteiger partial charge in [-0.15, -0.1) is 0 Å².